The van der Waals surface area contributed by atoms with E-state index in [1.807, 2.05) is 0 Å². The fraction of sp³-hybridized carbons (Fsp3) is 0.600. The molecule has 1 spiro atoms. The van der Waals surface area contributed by atoms with Crippen molar-refractivity contribution in [1.29, 1.82) is 0 Å². The van der Waals surface area contributed by atoms with Crippen LogP contribution in [0.25, 0.3) is 0 Å². The van der Waals surface area contributed by atoms with E-state index in [1.54, 1.807) is 6.07 Å². The van der Waals surface area contributed by atoms with E-state index in [0.717, 1.165) is 12.2 Å². The molecule has 1 nitrogen and oxygen atoms in total. The Labute approximate surface area is 130 Å². The summed E-state index contributed by atoms with van der Waals surface area (Å²) in [5, 5.41) is 0. The highest BCUT2D eigenvalue weighted by Crippen LogP contribution is 2.56. The molecule has 4 heteroatoms. The van der Waals surface area contributed by atoms with Gasteiger partial charge in [0.25, 0.3) is 0 Å². The van der Waals surface area contributed by atoms with E-state index < -0.39 is 0 Å². The van der Waals surface area contributed by atoms with Gasteiger partial charge in [-0.1, -0.05) is 35.2 Å². The quantitative estimate of drug-likeness (QED) is 0.608. The van der Waals surface area contributed by atoms with Gasteiger partial charge in [-0.3, -0.25) is 0 Å². The number of alkyl halides is 1. The lowest BCUT2D eigenvalue weighted by atomic mass is 9.58. The second-order valence-electron chi connectivity index (χ2n) is 5.68. The summed E-state index contributed by atoms with van der Waals surface area (Å²) in [7, 11) is 0. The van der Waals surface area contributed by atoms with Crippen LogP contribution < -0.4 is 4.74 Å². The topological polar surface area (TPSA) is 9.23 Å². The van der Waals surface area contributed by atoms with Crippen LogP contribution in [-0.2, 0) is 0 Å². The molecule has 2 aliphatic carbocycles. The highest BCUT2D eigenvalue weighted by Gasteiger charge is 2.55. The number of benzene rings is 1. The molecule has 2 fully saturated rings. The van der Waals surface area contributed by atoms with Crippen LogP contribution in [0.3, 0.4) is 0 Å². The molecule has 1 aromatic rings. The van der Waals surface area contributed by atoms with Crippen molar-refractivity contribution in [2.75, 3.05) is 0 Å². The van der Waals surface area contributed by atoms with Gasteiger partial charge in [0, 0.05) is 10.2 Å². The fourth-order valence-corrected chi connectivity index (χ4v) is 4.97. The summed E-state index contributed by atoms with van der Waals surface area (Å²) in [6.45, 7) is 0. The first-order chi connectivity index (χ1) is 9.12. The standard InChI is InChI=1S/C15H17Br2FO/c16-11-8-10(18)4-5-12(11)19-14-9-13(17)15(14)6-2-1-3-7-15/h4-5,8,13-14H,1-3,6-7,9H2. The van der Waals surface area contributed by atoms with Crippen molar-refractivity contribution in [3.8, 4) is 5.75 Å². The van der Waals surface area contributed by atoms with Gasteiger partial charge in [-0.05, 0) is 53.4 Å². The Balaban J connectivity index is 1.76. The van der Waals surface area contributed by atoms with Crippen molar-refractivity contribution in [2.24, 2.45) is 5.41 Å². The monoisotopic (exact) mass is 390 g/mol. The van der Waals surface area contributed by atoms with Gasteiger partial charge < -0.3 is 4.74 Å². The van der Waals surface area contributed by atoms with Gasteiger partial charge in [0.1, 0.15) is 17.7 Å². The predicted molar refractivity (Wildman–Crippen MR) is 81.4 cm³/mol. The van der Waals surface area contributed by atoms with Gasteiger partial charge in [-0.15, -0.1) is 0 Å². The van der Waals surface area contributed by atoms with E-state index in [-0.39, 0.29) is 11.9 Å². The Bertz CT molecular complexity index is 471. The van der Waals surface area contributed by atoms with Crippen LogP contribution in [-0.4, -0.2) is 10.9 Å². The second kappa shape index (κ2) is 5.36. The molecule has 1 aromatic carbocycles. The van der Waals surface area contributed by atoms with Crippen molar-refractivity contribution < 1.29 is 9.13 Å². The zero-order valence-corrected chi connectivity index (χ0v) is 13.8. The number of halogens is 3. The van der Waals surface area contributed by atoms with E-state index in [2.05, 4.69) is 31.9 Å². The number of hydrogen-bond donors (Lipinski definition) is 0. The molecule has 2 unspecified atom stereocenters. The van der Waals surface area contributed by atoms with Crippen molar-refractivity contribution >= 4 is 31.9 Å². The Morgan fingerprint density at radius 1 is 1.21 bits per heavy atom. The molecule has 2 saturated carbocycles. The first-order valence-electron chi connectivity index (χ1n) is 6.87. The second-order valence-corrected chi connectivity index (χ2v) is 7.64. The zero-order chi connectivity index (χ0) is 13.5. The van der Waals surface area contributed by atoms with Gasteiger partial charge in [-0.2, -0.15) is 0 Å². The van der Waals surface area contributed by atoms with Gasteiger partial charge in [0.15, 0.2) is 0 Å². The van der Waals surface area contributed by atoms with Crippen LogP contribution in [0, 0.1) is 11.2 Å². The minimum Gasteiger partial charge on any atom is -0.489 e. The summed E-state index contributed by atoms with van der Waals surface area (Å²) >= 11 is 7.19. The Morgan fingerprint density at radius 2 is 1.95 bits per heavy atom. The highest BCUT2D eigenvalue weighted by atomic mass is 79.9. The number of ether oxygens (including phenoxy) is 1. The summed E-state index contributed by atoms with van der Waals surface area (Å²) in [5.74, 6) is 0.523. The largest absolute Gasteiger partial charge is 0.489 e. The fourth-order valence-electron chi connectivity index (χ4n) is 3.43. The molecule has 0 aliphatic heterocycles. The molecule has 0 aromatic heterocycles. The van der Waals surface area contributed by atoms with E-state index in [1.165, 1.54) is 44.2 Å². The summed E-state index contributed by atoms with van der Waals surface area (Å²) in [6.07, 6.45) is 7.73. The summed E-state index contributed by atoms with van der Waals surface area (Å²) in [6, 6.07) is 4.64. The average Bonchev–Trinajstić information content (AvgIpc) is 2.42. The van der Waals surface area contributed by atoms with Gasteiger partial charge in [-0.25, -0.2) is 4.39 Å². The highest BCUT2D eigenvalue weighted by molar-refractivity contribution is 9.10. The average molecular weight is 392 g/mol. The lowest BCUT2D eigenvalue weighted by molar-refractivity contribution is -0.0605. The van der Waals surface area contributed by atoms with E-state index in [4.69, 9.17) is 4.74 Å². The van der Waals surface area contributed by atoms with Crippen LogP contribution in [0.4, 0.5) is 4.39 Å². The molecule has 2 aliphatic rings. The normalized spacial score (nSPS) is 29.0. The van der Waals surface area contributed by atoms with Crippen LogP contribution >= 0.6 is 31.9 Å². The third kappa shape index (κ3) is 2.46. The third-order valence-corrected chi connectivity index (χ3v) is 6.54. The molecule has 0 N–H and O–H groups in total. The molecular formula is C15H17Br2FO. The summed E-state index contributed by atoms with van der Waals surface area (Å²) in [4.78, 5) is 0.574. The molecule has 0 saturated heterocycles. The van der Waals surface area contributed by atoms with Crippen molar-refractivity contribution in [3.63, 3.8) is 0 Å². The van der Waals surface area contributed by atoms with E-state index in [9.17, 15) is 4.39 Å². The SMILES string of the molecule is Fc1ccc(OC2CC(Br)C23CCCCC3)c(Br)c1. The van der Waals surface area contributed by atoms with Crippen LogP contribution in [0.2, 0.25) is 0 Å². The maximum atomic E-state index is 13.1. The first kappa shape index (κ1) is 13.9. The molecule has 0 bridgehead atoms. The number of rotatable bonds is 2. The smallest absolute Gasteiger partial charge is 0.134 e. The van der Waals surface area contributed by atoms with Crippen LogP contribution in [0.5, 0.6) is 5.75 Å². The zero-order valence-electron chi connectivity index (χ0n) is 10.7. The molecule has 104 valence electrons. The Morgan fingerprint density at radius 3 is 2.58 bits per heavy atom. The van der Waals surface area contributed by atoms with Gasteiger partial charge >= 0.3 is 0 Å². The van der Waals surface area contributed by atoms with Crippen LogP contribution in [0.15, 0.2) is 22.7 Å². The molecule has 0 radical (unpaired) electrons. The molecule has 0 amide bonds. The van der Waals surface area contributed by atoms with Crippen molar-refractivity contribution in [3.05, 3.63) is 28.5 Å². The molecule has 19 heavy (non-hydrogen) atoms. The lowest BCUT2D eigenvalue weighted by Gasteiger charge is -2.55. The number of hydrogen-bond acceptors (Lipinski definition) is 1. The predicted octanol–water partition coefficient (Wildman–Crippen LogP) is 5.45. The maximum absolute atomic E-state index is 13.1. The third-order valence-electron chi connectivity index (χ3n) is 4.63. The molecule has 0 heterocycles. The Kier molecular flexibility index (Phi) is 3.91. The van der Waals surface area contributed by atoms with E-state index in [0.29, 0.717) is 14.7 Å². The van der Waals surface area contributed by atoms with Crippen molar-refractivity contribution in [1.82, 2.24) is 0 Å². The summed E-state index contributed by atoms with van der Waals surface area (Å²) < 4.78 is 20.0. The van der Waals surface area contributed by atoms with Gasteiger partial charge in [0.2, 0.25) is 0 Å². The lowest BCUT2D eigenvalue weighted by Crippen LogP contribution is -2.57. The minimum absolute atomic E-state index is 0.237. The molecule has 2 atom stereocenters. The first-order valence-corrected chi connectivity index (χ1v) is 8.58. The minimum atomic E-state index is -0.237. The molecular weight excluding hydrogens is 375 g/mol. The van der Waals surface area contributed by atoms with E-state index >= 15 is 0 Å². The van der Waals surface area contributed by atoms with Crippen LogP contribution in [0.1, 0.15) is 38.5 Å². The van der Waals surface area contributed by atoms with Gasteiger partial charge in [0.05, 0.1) is 4.47 Å². The van der Waals surface area contributed by atoms with Crippen molar-refractivity contribution in [2.45, 2.75) is 49.5 Å². The molecule has 3 rings (SSSR count). The summed E-state index contributed by atoms with van der Waals surface area (Å²) in [5.41, 5.74) is 0.298. The maximum Gasteiger partial charge on any atom is 0.134 e. The Hall–Kier alpha value is -0.0900.